The summed E-state index contributed by atoms with van der Waals surface area (Å²) in [6.07, 6.45) is 1.89. The van der Waals surface area contributed by atoms with Crippen LogP contribution in [0.2, 0.25) is 0 Å². The third-order valence-corrected chi connectivity index (χ3v) is 4.83. The molecule has 2 heterocycles. The molecule has 0 saturated carbocycles. The van der Waals surface area contributed by atoms with Crippen molar-refractivity contribution in [3.05, 3.63) is 35.9 Å². The zero-order chi connectivity index (χ0) is 16.3. The maximum Gasteiger partial charge on any atom is 0.341 e. The van der Waals surface area contributed by atoms with E-state index in [1.54, 1.807) is 0 Å². The Morgan fingerprint density at radius 1 is 1.30 bits per heavy atom. The zero-order valence-electron chi connectivity index (χ0n) is 14.1. The van der Waals surface area contributed by atoms with E-state index in [4.69, 9.17) is 4.84 Å². The Morgan fingerprint density at radius 3 is 2.74 bits per heavy atom. The van der Waals surface area contributed by atoms with Gasteiger partial charge in [0, 0.05) is 25.7 Å². The molecule has 2 aliphatic heterocycles. The maximum absolute atomic E-state index is 12.3. The van der Waals surface area contributed by atoms with Gasteiger partial charge < -0.3 is 5.32 Å². The Morgan fingerprint density at radius 2 is 2.09 bits per heavy atom. The van der Waals surface area contributed by atoms with Crippen LogP contribution in [0, 0.1) is 5.41 Å². The average molecular weight is 317 g/mol. The van der Waals surface area contributed by atoms with Crippen molar-refractivity contribution in [2.24, 2.45) is 5.41 Å². The lowest BCUT2D eigenvalue weighted by Crippen LogP contribution is -2.57. The molecule has 1 aromatic carbocycles. The number of carbonyl (C=O) groups excluding carboxylic acids is 1. The Hall–Kier alpha value is -1.59. The van der Waals surface area contributed by atoms with E-state index in [0.29, 0.717) is 13.2 Å². The number of benzene rings is 1. The molecule has 0 spiro atoms. The number of hydrogen-bond acceptors (Lipinski definition) is 3. The Balaban J connectivity index is 1.55. The van der Waals surface area contributed by atoms with E-state index in [9.17, 15) is 4.79 Å². The molecule has 2 amide bonds. The minimum Gasteiger partial charge on any atom is -0.333 e. The highest BCUT2D eigenvalue weighted by Crippen LogP contribution is 2.30. The molecule has 2 saturated heterocycles. The van der Waals surface area contributed by atoms with Crippen LogP contribution in [0.3, 0.4) is 0 Å². The number of urea groups is 1. The topological polar surface area (TPSA) is 44.8 Å². The van der Waals surface area contributed by atoms with Crippen LogP contribution in [-0.2, 0) is 11.4 Å². The first-order valence-electron chi connectivity index (χ1n) is 8.52. The molecule has 1 aromatic rings. The van der Waals surface area contributed by atoms with Gasteiger partial charge in [-0.15, -0.1) is 0 Å². The van der Waals surface area contributed by atoms with Crippen LogP contribution in [0.25, 0.3) is 0 Å². The van der Waals surface area contributed by atoms with Crippen molar-refractivity contribution in [1.29, 1.82) is 0 Å². The first kappa shape index (κ1) is 16.3. The Labute approximate surface area is 138 Å². The van der Waals surface area contributed by atoms with Gasteiger partial charge in [0.1, 0.15) is 0 Å². The molecule has 2 fully saturated rings. The van der Waals surface area contributed by atoms with E-state index in [-0.39, 0.29) is 17.5 Å². The summed E-state index contributed by atoms with van der Waals surface area (Å²) in [5.74, 6) is 0. The summed E-state index contributed by atoms with van der Waals surface area (Å²) in [6, 6.07) is 10.7. The molecule has 5 heteroatoms. The molecule has 3 rings (SSSR count). The molecule has 0 aliphatic carbocycles. The summed E-state index contributed by atoms with van der Waals surface area (Å²) < 4.78 is 0. The van der Waals surface area contributed by atoms with Crippen molar-refractivity contribution in [2.45, 2.75) is 39.3 Å². The highest BCUT2D eigenvalue weighted by molar-refractivity contribution is 5.73. The van der Waals surface area contributed by atoms with Gasteiger partial charge in [0.2, 0.25) is 0 Å². The van der Waals surface area contributed by atoms with Gasteiger partial charge in [-0.1, -0.05) is 44.2 Å². The van der Waals surface area contributed by atoms with Gasteiger partial charge in [-0.3, -0.25) is 9.74 Å². The summed E-state index contributed by atoms with van der Waals surface area (Å²) in [5, 5.41) is 4.64. The van der Waals surface area contributed by atoms with E-state index in [2.05, 4.69) is 54.4 Å². The van der Waals surface area contributed by atoms with Crippen LogP contribution < -0.4 is 5.32 Å². The maximum atomic E-state index is 12.3. The molecular formula is C18H27N3O2. The van der Waals surface area contributed by atoms with Crippen LogP contribution >= 0.6 is 0 Å². The third kappa shape index (κ3) is 4.03. The van der Waals surface area contributed by atoms with Crippen LogP contribution in [0.1, 0.15) is 32.3 Å². The van der Waals surface area contributed by atoms with Gasteiger partial charge in [-0.05, 0) is 23.8 Å². The lowest BCUT2D eigenvalue weighted by atomic mass is 9.79. The number of hydrogen-bond donors (Lipinski definition) is 1. The minimum atomic E-state index is -0.0860. The number of piperidine rings is 1. The van der Waals surface area contributed by atoms with Crippen molar-refractivity contribution in [3.8, 4) is 0 Å². The molecular weight excluding hydrogens is 290 g/mol. The summed E-state index contributed by atoms with van der Waals surface area (Å²) >= 11 is 0. The summed E-state index contributed by atoms with van der Waals surface area (Å²) in [4.78, 5) is 20.1. The fraction of sp³-hybridized carbons (Fsp3) is 0.611. The Bertz CT molecular complexity index is 526. The van der Waals surface area contributed by atoms with Gasteiger partial charge in [-0.2, -0.15) is 0 Å². The SMILES string of the molecule is CC1(C)CN(Cc2ccccc2)CCC1NC(=O)N1CCCO1. The zero-order valence-corrected chi connectivity index (χ0v) is 14.1. The first-order chi connectivity index (χ1) is 11.0. The molecule has 1 unspecified atom stereocenters. The van der Waals surface area contributed by atoms with E-state index in [1.807, 2.05) is 0 Å². The van der Waals surface area contributed by atoms with Gasteiger partial charge >= 0.3 is 6.03 Å². The van der Waals surface area contributed by atoms with E-state index in [1.165, 1.54) is 10.6 Å². The fourth-order valence-corrected chi connectivity index (χ4v) is 3.54. The number of hydroxylamine groups is 2. The molecule has 0 bridgehead atoms. The Kier molecular flexibility index (Phi) is 4.87. The molecule has 1 N–H and O–H groups in total. The second kappa shape index (κ2) is 6.89. The van der Waals surface area contributed by atoms with Crippen molar-refractivity contribution >= 4 is 6.03 Å². The number of nitrogens with one attached hydrogen (secondary N) is 1. The summed E-state index contributed by atoms with van der Waals surface area (Å²) in [5.41, 5.74) is 1.39. The molecule has 1 atom stereocenters. The minimum absolute atomic E-state index is 0.0441. The van der Waals surface area contributed by atoms with E-state index in [0.717, 1.165) is 32.5 Å². The van der Waals surface area contributed by atoms with E-state index < -0.39 is 0 Å². The lowest BCUT2D eigenvalue weighted by molar-refractivity contribution is -0.0693. The smallest absolute Gasteiger partial charge is 0.333 e. The van der Waals surface area contributed by atoms with Gasteiger partial charge in [0.05, 0.1) is 13.2 Å². The molecule has 0 aromatic heterocycles. The second-order valence-corrected chi connectivity index (χ2v) is 7.26. The van der Waals surface area contributed by atoms with Crippen molar-refractivity contribution < 1.29 is 9.63 Å². The average Bonchev–Trinajstić information content (AvgIpc) is 3.05. The predicted octanol–water partition coefficient (Wildman–Crippen LogP) is 2.63. The second-order valence-electron chi connectivity index (χ2n) is 7.26. The number of rotatable bonds is 3. The molecule has 23 heavy (non-hydrogen) atoms. The van der Waals surface area contributed by atoms with Crippen molar-refractivity contribution in [1.82, 2.24) is 15.3 Å². The van der Waals surface area contributed by atoms with Crippen LogP contribution in [0.4, 0.5) is 4.79 Å². The highest BCUT2D eigenvalue weighted by Gasteiger charge is 2.37. The summed E-state index contributed by atoms with van der Waals surface area (Å²) in [6.45, 7) is 8.77. The molecule has 2 aliphatic rings. The standard InChI is InChI=1S/C18H27N3O2/c1-18(2)14-20(13-15-7-4-3-5-8-15)11-9-16(18)19-17(22)21-10-6-12-23-21/h3-5,7-8,16H,6,9-14H2,1-2H3,(H,19,22). The lowest BCUT2D eigenvalue weighted by Gasteiger charge is -2.44. The first-order valence-corrected chi connectivity index (χ1v) is 8.52. The fourth-order valence-electron chi connectivity index (χ4n) is 3.54. The molecule has 126 valence electrons. The van der Waals surface area contributed by atoms with Gasteiger partial charge in [0.25, 0.3) is 0 Å². The highest BCUT2D eigenvalue weighted by atomic mass is 16.7. The van der Waals surface area contributed by atoms with Crippen LogP contribution in [0.5, 0.6) is 0 Å². The van der Waals surface area contributed by atoms with Crippen molar-refractivity contribution in [3.63, 3.8) is 0 Å². The van der Waals surface area contributed by atoms with Gasteiger partial charge in [-0.25, -0.2) is 9.86 Å². The normalized spacial score (nSPS) is 24.6. The monoisotopic (exact) mass is 317 g/mol. The quantitative estimate of drug-likeness (QED) is 0.932. The number of carbonyl (C=O) groups is 1. The van der Waals surface area contributed by atoms with Gasteiger partial charge in [0.15, 0.2) is 0 Å². The summed E-state index contributed by atoms with van der Waals surface area (Å²) in [7, 11) is 0. The number of likely N-dealkylation sites (tertiary alicyclic amines) is 1. The number of amides is 2. The number of nitrogens with zero attached hydrogens (tertiary/aromatic N) is 2. The van der Waals surface area contributed by atoms with Crippen LogP contribution in [0.15, 0.2) is 30.3 Å². The third-order valence-electron chi connectivity index (χ3n) is 4.83. The molecule has 5 nitrogen and oxygen atoms in total. The van der Waals surface area contributed by atoms with E-state index >= 15 is 0 Å². The van der Waals surface area contributed by atoms with Crippen molar-refractivity contribution in [2.75, 3.05) is 26.2 Å². The predicted molar refractivity (Wildman–Crippen MR) is 89.7 cm³/mol. The molecule has 0 radical (unpaired) electrons. The van der Waals surface area contributed by atoms with Crippen LogP contribution in [-0.4, -0.2) is 48.3 Å². The largest absolute Gasteiger partial charge is 0.341 e.